The van der Waals surface area contributed by atoms with Gasteiger partial charge in [-0.3, -0.25) is 14.4 Å². The molecule has 0 spiro atoms. The van der Waals surface area contributed by atoms with Crippen molar-refractivity contribution in [2.75, 3.05) is 13.2 Å². The van der Waals surface area contributed by atoms with Gasteiger partial charge >= 0.3 is 17.9 Å². The van der Waals surface area contributed by atoms with E-state index in [0.717, 1.165) is 75.5 Å². The molecule has 0 amide bonds. The zero-order valence-electron chi connectivity index (χ0n) is 43.4. The van der Waals surface area contributed by atoms with Crippen LogP contribution in [0.4, 0.5) is 0 Å². The Morgan fingerprint density at radius 2 is 0.556 bits per heavy atom. The maximum absolute atomic E-state index is 12.8. The Balaban J connectivity index is 4.26. The Hall–Kier alpha value is -1.59. The minimum absolute atomic E-state index is 0.0643. The van der Waals surface area contributed by atoms with Gasteiger partial charge in [0.2, 0.25) is 0 Å². The second-order valence-electron chi connectivity index (χ2n) is 20.8. The Labute approximate surface area is 393 Å². The number of carbonyl (C=O) groups excluding carboxylic acids is 3. The molecule has 0 fully saturated rings. The van der Waals surface area contributed by atoms with Crippen molar-refractivity contribution in [3.05, 3.63) is 0 Å². The molecular formula is C57H110O6. The smallest absolute Gasteiger partial charge is 0.306 e. The zero-order valence-corrected chi connectivity index (χ0v) is 43.4. The predicted octanol–water partition coefficient (Wildman–Crippen LogP) is 18.3. The van der Waals surface area contributed by atoms with Crippen LogP contribution >= 0.6 is 0 Å². The molecule has 1 unspecified atom stereocenters. The molecule has 0 saturated carbocycles. The Bertz CT molecular complexity index is 978. The molecule has 0 heterocycles. The number of carbonyl (C=O) groups is 3. The lowest BCUT2D eigenvalue weighted by Crippen LogP contribution is -2.30. The van der Waals surface area contributed by atoms with E-state index < -0.39 is 6.10 Å². The maximum Gasteiger partial charge on any atom is 0.306 e. The van der Waals surface area contributed by atoms with Crippen LogP contribution in [0.25, 0.3) is 0 Å². The summed E-state index contributed by atoms with van der Waals surface area (Å²) in [5.74, 6) is 1.67. The van der Waals surface area contributed by atoms with Gasteiger partial charge < -0.3 is 14.2 Å². The van der Waals surface area contributed by atoms with E-state index in [4.69, 9.17) is 14.2 Å². The van der Waals surface area contributed by atoms with Crippen molar-refractivity contribution < 1.29 is 28.6 Å². The predicted molar refractivity (Wildman–Crippen MR) is 270 cm³/mol. The van der Waals surface area contributed by atoms with Crippen LogP contribution in [0.5, 0.6) is 0 Å². The first-order chi connectivity index (χ1) is 30.6. The van der Waals surface area contributed by atoms with Crippen molar-refractivity contribution in [2.24, 2.45) is 17.8 Å². The fraction of sp³-hybridized carbons (Fsp3) is 0.947. The van der Waals surface area contributed by atoms with Crippen LogP contribution in [-0.2, 0) is 28.6 Å². The van der Waals surface area contributed by atoms with Crippen molar-refractivity contribution in [3.8, 4) is 0 Å². The third-order valence-electron chi connectivity index (χ3n) is 13.3. The molecule has 0 N–H and O–H groups in total. The highest BCUT2D eigenvalue weighted by molar-refractivity contribution is 5.71. The van der Waals surface area contributed by atoms with E-state index >= 15 is 0 Å². The summed E-state index contributed by atoms with van der Waals surface area (Å²) in [4.78, 5) is 38.0. The summed E-state index contributed by atoms with van der Waals surface area (Å²) in [7, 11) is 0. The SMILES string of the molecule is CCC(C)CCCCCCCCCCCCCCCCC(=O)OC[C@H](COC(=O)CCCCCCCCCC(C)C)OC(=O)CCCCCCCCCCCCCCCCC(C)C. The molecule has 0 aliphatic carbocycles. The highest BCUT2D eigenvalue weighted by atomic mass is 16.6. The lowest BCUT2D eigenvalue weighted by Gasteiger charge is -2.18. The first kappa shape index (κ1) is 61.4. The van der Waals surface area contributed by atoms with Gasteiger partial charge in [-0.05, 0) is 37.0 Å². The molecule has 6 heteroatoms. The molecule has 0 aromatic heterocycles. The van der Waals surface area contributed by atoms with Gasteiger partial charge in [0, 0.05) is 19.3 Å². The van der Waals surface area contributed by atoms with E-state index in [1.54, 1.807) is 0 Å². The monoisotopic (exact) mass is 891 g/mol. The third-order valence-corrected chi connectivity index (χ3v) is 13.3. The van der Waals surface area contributed by atoms with E-state index in [1.807, 2.05) is 0 Å². The van der Waals surface area contributed by atoms with Crippen molar-refractivity contribution in [1.82, 2.24) is 0 Å². The molecule has 63 heavy (non-hydrogen) atoms. The average molecular weight is 892 g/mol. The topological polar surface area (TPSA) is 78.9 Å². The number of hydrogen-bond donors (Lipinski definition) is 0. The van der Waals surface area contributed by atoms with Crippen molar-refractivity contribution in [1.29, 1.82) is 0 Å². The average Bonchev–Trinajstić information content (AvgIpc) is 3.25. The molecule has 0 aromatic carbocycles. The Kier molecular flexibility index (Phi) is 47.1. The van der Waals surface area contributed by atoms with Gasteiger partial charge in [0.15, 0.2) is 6.10 Å². The number of esters is 3. The maximum atomic E-state index is 12.8. The summed E-state index contributed by atoms with van der Waals surface area (Å²) in [6.07, 6.45) is 49.5. The van der Waals surface area contributed by atoms with Gasteiger partial charge in [-0.1, -0.05) is 273 Å². The first-order valence-electron chi connectivity index (χ1n) is 28.1. The summed E-state index contributed by atoms with van der Waals surface area (Å²) >= 11 is 0. The summed E-state index contributed by atoms with van der Waals surface area (Å²) in [5, 5.41) is 0. The molecular weight excluding hydrogens is 781 g/mol. The van der Waals surface area contributed by atoms with Crippen LogP contribution in [0.2, 0.25) is 0 Å². The molecule has 0 aromatic rings. The van der Waals surface area contributed by atoms with Gasteiger partial charge in [-0.25, -0.2) is 0 Å². The van der Waals surface area contributed by atoms with Gasteiger partial charge in [0.25, 0.3) is 0 Å². The van der Waals surface area contributed by atoms with Crippen molar-refractivity contribution >= 4 is 17.9 Å². The zero-order chi connectivity index (χ0) is 46.3. The molecule has 374 valence electrons. The highest BCUT2D eigenvalue weighted by Crippen LogP contribution is 2.19. The normalized spacial score (nSPS) is 12.6. The van der Waals surface area contributed by atoms with Crippen LogP contribution in [0.15, 0.2) is 0 Å². The number of unbranched alkanes of at least 4 members (excludes halogenated alkanes) is 32. The van der Waals surface area contributed by atoms with E-state index in [0.29, 0.717) is 19.3 Å². The fourth-order valence-electron chi connectivity index (χ4n) is 8.61. The van der Waals surface area contributed by atoms with Gasteiger partial charge in [0.1, 0.15) is 13.2 Å². The summed E-state index contributed by atoms with van der Waals surface area (Å²) < 4.78 is 16.9. The largest absolute Gasteiger partial charge is 0.462 e. The second-order valence-corrected chi connectivity index (χ2v) is 20.8. The molecule has 0 aliphatic rings. The van der Waals surface area contributed by atoms with Crippen LogP contribution < -0.4 is 0 Å². The van der Waals surface area contributed by atoms with Gasteiger partial charge in [0.05, 0.1) is 0 Å². The van der Waals surface area contributed by atoms with Crippen LogP contribution in [0.1, 0.15) is 311 Å². The number of ether oxygens (including phenoxy) is 3. The highest BCUT2D eigenvalue weighted by Gasteiger charge is 2.19. The molecule has 2 atom stereocenters. The first-order valence-corrected chi connectivity index (χ1v) is 28.1. The Morgan fingerprint density at radius 1 is 0.317 bits per heavy atom. The van der Waals surface area contributed by atoms with Crippen LogP contribution in [0.3, 0.4) is 0 Å². The molecule has 0 rings (SSSR count). The minimum Gasteiger partial charge on any atom is -0.462 e. The third kappa shape index (κ3) is 49.7. The summed E-state index contributed by atoms with van der Waals surface area (Å²) in [5.41, 5.74) is 0. The second kappa shape index (κ2) is 48.3. The molecule has 0 aliphatic heterocycles. The van der Waals surface area contributed by atoms with Gasteiger partial charge in [-0.15, -0.1) is 0 Å². The summed E-state index contributed by atoms with van der Waals surface area (Å²) in [6.45, 7) is 13.7. The van der Waals surface area contributed by atoms with Gasteiger partial charge in [-0.2, -0.15) is 0 Å². The fourth-order valence-corrected chi connectivity index (χ4v) is 8.61. The standard InChI is InChI=1S/C57H110O6/c1-7-53(6)45-39-33-27-21-17-13-9-11-14-18-22-28-34-40-46-55(58)61-49-54(50-62-56(59)47-41-35-30-24-26-32-38-44-52(4)5)63-57(60)48-42-36-29-23-19-15-10-8-12-16-20-25-31-37-43-51(2)3/h51-54H,7-50H2,1-6H3/t53?,54-/m1/s1. The van der Waals surface area contributed by atoms with E-state index in [-0.39, 0.29) is 31.1 Å². The number of rotatable bonds is 50. The summed E-state index contributed by atoms with van der Waals surface area (Å²) in [6, 6.07) is 0. The lowest BCUT2D eigenvalue weighted by molar-refractivity contribution is -0.167. The van der Waals surface area contributed by atoms with Crippen molar-refractivity contribution in [3.63, 3.8) is 0 Å². The van der Waals surface area contributed by atoms with Crippen LogP contribution in [-0.4, -0.2) is 37.2 Å². The quantitative estimate of drug-likeness (QED) is 0.0344. The molecule has 0 saturated heterocycles. The number of hydrogen-bond acceptors (Lipinski definition) is 6. The molecule has 0 bridgehead atoms. The molecule has 0 radical (unpaired) electrons. The Morgan fingerprint density at radius 3 is 0.825 bits per heavy atom. The lowest BCUT2D eigenvalue weighted by atomic mass is 9.99. The molecule has 6 nitrogen and oxygen atoms in total. The van der Waals surface area contributed by atoms with Crippen molar-refractivity contribution in [2.45, 2.75) is 317 Å². The van der Waals surface area contributed by atoms with E-state index in [2.05, 4.69) is 41.5 Å². The van der Waals surface area contributed by atoms with E-state index in [9.17, 15) is 14.4 Å². The minimum atomic E-state index is -0.763. The van der Waals surface area contributed by atoms with Crippen LogP contribution in [0, 0.1) is 17.8 Å². The van der Waals surface area contributed by atoms with E-state index in [1.165, 1.54) is 193 Å².